The molecule has 0 radical (unpaired) electrons. The first-order valence-electron chi connectivity index (χ1n) is 9.00. The van der Waals surface area contributed by atoms with E-state index in [4.69, 9.17) is 10.5 Å². The van der Waals surface area contributed by atoms with Crippen LogP contribution >= 0.6 is 0 Å². The molecule has 5 heteroatoms. The fourth-order valence-corrected chi connectivity index (χ4v) is 3.38. The number of carbonyl (C=O) groups is 1. The van der Waals surface area contributed by atoms with Crippen LogP contribution in [0.4, 0.5) is 0 Å². The number of nitrogens with two attached hydrogens (primary N) is 1. The van der Waals surface area contributed by atoms with Gasteiger partial charge in [-0.2, -0.15) is 0 Å². The highest BCUT2D eigenvalue weighted by atomic mass is 16.5. The summed E-state index contributed by atoms with van der Waals surface area (Å²) in [5.41, 5.74) is 9.44. The highest BCUT2D eigenvalue weighted by Crippen LogP contribution is 2.31. The summed E-state index contributed by atoms with van der Waals surface area (Å²) in [5.74, 6) is 0.765. The van der Waals surface area contributed by atoms with Gasteiger partial charge in [0.1, 0.15) is 5.75 Å². The van der Waals surface area contributed by atoms with Gasteiger partial charge in [0.25, 0.3) is 0 Å². The van der Waals surface area contributed by atoms with Crippen molar-refractivity contribution in [3.63, 3.8) is 0 Å². The minimum absolute atomic E-state index is 0.367. The van der Waals surface area contributed by atoms with E-state index in [1.807, 2.05) is 18.2 Å². The zero-order valence-corrected chi connectivity index (χ0v) is 15.0. The van der Waals surface area contributed by atoms with E-state index in [9.17, 15) is 4.79 Å². The number of hydrogen-bond acceptors (Lipinski definition) is 4. The number of carbonyl (C=O) groups excluding carboxylic acids is 1. The van der Waals surface area contributed by atoms with Gasteiger partial charge in [-0.05, 0) is 29.7 Å². The highest BCUT2D eigenvalue weighted by Gasteiger charge is 2.20. The monoisotopic (exact) mass is 359 g/mol. The Morgan fingerprint density at radius 3 is 2.67 bits per heavy atom. The lowest BCUT2D eigenvalue weighted by molar-refractivity contribution is 0.1000. The Hall–Kier alpha value is -3.18. The maximum atomic E-state index is 11.2. The lowest BCUT2D eigenvalue weighted by atomic mass is 9.98. The van der Waals surface area contributed by atoms with Gasteiger partial charge >= 0.3 is 0 Å². The third-order valence-electron chi connectivity index (χ3n) is 4.79. The Kier molecular flexibility index (Phi) is 4.85. The minimum atomic E-state index is -0.498. The molecule has 1 aliphatic heterocycles. The topological polar surface area (TPSA) is 68.5 Å². The molecule has 4 rings (SSSR count). The maximum absolute atomic E-state index is 11.2. The largest absolute Gasteiger partial charge is 0.439 e. The van der Waals surface area contributed by atoms with Crippen LogP contribution in [0.5, 0.6) is 11.6 Å². The molecule has 1 aliphatic rings. The summed E-state index contributed by atoms with van der Waals surface area (Å²) in [5, 5.41) is 0. The summed E-state index contributed by atoms with van der Waals surface area (Å²) in [7, 11) is 0. The van der Waals surface area contributed by atoms with Crippen molar-refractivity contribution < 1.29 is 9.53 Å². The van der Waals surface area contributed by atoms with Gasteiger partial charge in [-0.15, -0.1) is 0 Å². The standard InChI is InChI=1S/C22H21N3O2/c23-22(26)18-9-10-21(24-13-18)27-20-8-4-7-17-11-12-25(15-19(17)20)14-16-5-2-1-3-6-16/h1-10,13H,11-12,14-15H2,(H2,23,26). The maximum Gasteiger partial charge on any atom is 0.250 e. The zero-order valence-electron chi connectivity index (χ0n) is 15.0. The highest BCUT2D eigenvalue weighted by molar-refractivity contribution is 5.92. The van der Waals surface area contributed by atoms with Gasteiger partial charge in [0.15, 0.2) is 0 Å². The van der Waals surface area contributed by atoms with Gasteiger partial charge in [-0.25, -0.2) is 4.98 Å². The number of rotatable bonds is 5. The van der Waals surface area contributed by atoms with E-state index in [-0.39, 0.29) is 0 Å². The molecule has 1 amide bonds. The molecule has 0 atom stereocenters. The second kappa shape index (κ2) is 7.60. The summed E-state index contributed by atoms with van der Waals surface area (Å²) < 4.78 is 6.02. The van der Waals surface area contributed by atoms with Crippen LogP contribution in [0.2, 0.25) is 0 Å². The molecule has 5 nitrogen and oxygen atoms in total. The Labute approximate surface area is 158 Å². The van der Waals surface area contributed by atoms with Crippen molar-refractivity contribution in [2.24, 2.45) is 5.73 Å². The molecular formula is C22H21N3O2. The van der Waals surface area contributed by atoms with Crippen molar-refractivity contribution in [2.75, 3.05) is 6.54 Å². The third-order valence-corrected chi connectivity index (χ3v) is 4.79. The van der Waals surface area contributed by atoms with Crippen molar-refractivity contribution in [2.45, 2.75) is 19.5 Å². The number of pyridine rings is 1. The predicted octanol–water partition coefficient (Wildman–Crippen LogP) is 3.53. The molecule has 136 valence electrons. The molecule has 0 fully saturated rings. The lowest BCUT2D eigenvalue weighted by Gasteiger charge is -2.30. The molecule has 0 saturated carbocycles. The molecule has 0 bridgehead atoms. The molecule has 0 spiro atoms. The summed E-state index contributed by atoms with van der Waals surface area (Å²) in [6, 6.07) is 19.9. The average molecular weight is 359 g/mol. The SMILES string of the molecule is NC(=O)c1ccc(Oc2cccc3c2CN(Cc2ccccc2)CC3)nc1. The van der Waals surface area contributed by atoms with Crippen molar-refractivity contribution in [1.29, 1.82) is 0 Å². The molecule has 0 unspecified atom stereocenters. The fourth-order valence-electron chi connectivity index (χ4n) is 3.38. The van der Waals surface area contributed by atoms with Gasteiger partial charge in [0.05, 0.1) is 5.56 Å². The third kappa shape index (κ3) is 3.99. The molecule has 3 aromatic rings. The van der Waals surface area contributed by atoms with Crippen LogP contribution in [-0.2, 0) is 19.5 Å². The van der Waals surface area contributed by atoms with Crippen LogP contribution in [0.1, 0.15) is 27.0 Å². The van der Waals surface area contributed by atoms with Gasteiger partial charge in [0.2, 0.25) is 11.8 Å². The van der Waals surface area contributed by atoms with E-state index in [0.29, 0.717) is 11.4 Å². The van der Waals surface area contributed by atoms with Crippen LogP contribution in [0, 0.1) is 0 Å². The molecule has 2 N–H and O–H groups in total. The van der Waals surface area contributed by atoms with Crippen molar-refractivity contribution >= 4 is 5.91 Å². The van der Waals surface area contributed by atoms with E-state index >= 15 is 0 Å². The van der Waals surface area contributed by atoms with E-state index in [1.54, 1.807) is 12.1 Å². The first-order valence-corrected chi connectivity index (χ1v) is 9.00. The Morgan fingerprint density at radius 1 is 1.07 bits per heavy atom. The number of nitrogens with zero attached hydrogens (tertiary/aromatic N) is 2. The van der Waals surface area contributed by atoms with Crippen molar-refractivity contribution in [3.05, 3.63) is 89.1 Å². The van der Waals surface area contributed by atoms with Gasteiger partial charge in [0, 0.05) is 37.5 Å². The summed E-state index contributed by atoms with van der Waals surface area (Å²) in [6.07, 6.45) is 2.43. The number of primary amides is 1. The quantitative estimate of drug-likeness (QED) is 0.757. The van der Waals surface area contributed by atoms with E-state index in [0.717, 1.165) is 31.8 Å². The second-order valence-corrected chi connectivity index (χ2v) is 6.69. The molecular weight excluding hydrogens is 338 g/mol. The van der Waals surface area contributed by atoms with Gasteiger partial charge in [-0.3, -0.25) is 9.69 Å². The number of hydrogen-bond donors (Lipinski definition) is 1. The summed E-state index contributed by atoms with van der Waals surface area (Å²) in [4.78, 5) is 17.8. The van der Waals surface area contributed by atoms with E-state index in [2.05, 4.69) is 40.2 Å². The van der Waals surface area contributed by atoms with Crippen LogP contribution in [-0.4, -0.2) is 22.3 Å². The average Bonchev–Trinajstić information content (AvgIpc) is 2.70. The zero-order chi connectivity index (χ0) is 18.6. The van der Waals surface area contributed by atoms with E-state index in [1.165, 1.54) is 22.9 Å². The molecule has 0 aliphatic carbocycles. The van der Waals surface area contributed by atoms with Crippen LogP contribution in [0.15, 0.2) is 66.9 Å². The molecule has 27 heavy (non-hydrogen) atoms. The number of benzene rings is 2. The number of fused-ring (bicyclic) bond motifs is 1. The molecule has 2 heterocycles. The Balaban J connectivity index is 1.53. The molecule has 1 aromatic heterocycles. The first kappa shape index (κ1) is 17.2. The molecule has 2 aromatic carbocycles. The second-order valence-electron chi connectivity index (χ2n) is 6.69. The Morgan fingerprint density at radius 2 is 1.93 bits per heavy atom. The Bertz CT molecular complexity index is 940. The van der Waals surface area contributed by atoms with Gasteiger partial charge < -0.3 is 10.5 Å². The van der Waals surface area contributed by atoms with E-state index < -0.39 is 5.91 Å². The summed E-state index contributed by atoms with van der Waals surface area (Å²) in [6.45, 7) is 2.77. The van der Waals surface area contributed by atoms with Crippen LogP contribution in [0.3, 0.4) is 0 Å². The minimum Gasteiger partial charge on any atom is -0.439 e. The smallest absolute Gasteiger partial charge is 0.250 e. The number of aromatic nitrogens is 1. The molecule has 0 saturated heterocycles. The summed E-state index contributed by atoms with van der Waals surface area (Å²) >= 11 is 0. The predicted molar refractivity (Wildman–Crippen MR) is 104 cm³/mol. The number of ether oxygens (including phenoxy) is 1. The fraction of sp³-hybridized carbons (Fsp3) is 0.182. The first-order chi connectivity index (χ1) is 13.2. The van der Waals surface area contributed by atoms with Crippen LogP contribution < -0.4 is 10.5 Å². The lowest BCUT2D eigenvalue weighted by Crippen LogP contribution is -2.30. The van der Waals surface area contributed by atoms with Gasteiger partial charge in [-0.1, -0.05) is 42.5 Å². The van der Waals surface area contributed by atoms with Crippen molar-refractivity contribution in [3.8, 4) is 11.6 Å². The number of amides is 1. The van der Waals surface area contributed by atoms with Crippen molar-refractivity contribution in [1.82, 2.24) is 9.88 Å². The normalized spacial score (nSPS) is 13.8. The van der Waals surface area contributed by atoms with Crippen LogP contribution in [0.25, 0.3) is 0 Å².